The first-order valence-corrected chi connectivity index (χ1v) is 9.11. The number of aromatic nitrogens is 5. The van der Waals surface area contributed by atoms with Gasteiger partial charge in [0.2, 0.25) is 5.95 Å². The summed E-state index contributed by atoms with van der Waals surface area (Å²) in [4.78, 5) is 16.5. The van der Waals surface area contributed by atoms with Crippen LogP contribution in [-0.2, 0) is 5.60 Å². The molecule has 3 N–H and O–H groups in total. The Morgan fingerprint density at radius 3 is 2.93 bits per heavy atom. The van der Waals surface area contributed by atoms with E-state index in [0.29, 0.717) is 21.5 Å². The van der Waals surface area contributed by atoms with E-state index in [-0.39, 0.29) is 5.95 Å². The largest absolute Gasteiger partial charge is 0.371 e. The number of nitrogens with two attached hydrogens (primary N) is 1. The Morgan fingerprint density at radius 1 is 1.30 bits per heavy atom. The molecule has 0 spiro atoms. The van der Waals surface area contributed by atoms with Crippen molar-refractivity contribution in [3.63, 3.8) is 0 Å². The Morgan fingerprint density at radius 2 is 2.15 bits per heavy atom. The van der Waals surface area contributed by atoms with E-state index in [4.69, 9.17) is 17.3 Å². The van der Waals surface area contributed by atoms with Crippen molar-refractivity contribution in [2.24, 2.45) is 0 Å². The molecule has 0 fully saturated rings. The Hall–Kier alpha value is -2.99. The number of hydrogen-bond donors (Lipinski definition) is 2. The zero-order valence-corrected chi connectivity index (χ0v) is 15.7. The number of pyridine rings is 1. The fourth-order valence-electron chi connectivity index (χ4n) is 2.52. The molecular formula is C18H13ClN6OS. The van der Waals surface area contributed by atoms with Gasteiger partial charge in [-0.15, -0.1) is 11.3 Å². The van der Waals surface area contributed by atoms with Gasteiger partial charge in [-0.25, -0.2) is 15.0 Å². The van der Waals surface area contributed by atoms with Crippen LogP contribution in [0.4, 0.5) is 5.95 Å². The fourth-order valence-corrected chi connectivity index (χ4v) is 3.36. The van der Waals surface area contributed by atoms with Crippen LogP contribution in [0.25, 0.3) is 16.7 Å². The lowest BCUT2D eigenvalue weighted by molar-refractivity contribution is 0.122. The van der Waals surface area contributed by atoms with Gasteiger partial charge >= 0.3 is 0 Å². The molecule has 0 aliphatic carbocycles. The quantitative estimate of drug-likeness (QED) is 0.505. The maximum Gasteiger partial charge on any atom is 0.222 e. The van der Waals surface area contributed by atoms with Gasteiger partial charge in [-0.3, -0.25) is 4.57 Å². The Labute approximate surface area is 163 Å². The van der Waals surface area contributed by atoms with Crippen molar-refractivity contribution in [2.75, 3.05) is 5.73 Å². The molecule has 0 saturated heterocycles. The molecule has 4 heterocycles. The molecule has 27 heavy (non-hydrogen) atoms. The Balaban J connectivity index is 1.78. The first kappa shape index (κ1) is 17.4. The number of fused-ring (bicyclic) bond motifs is 1. The Bertz CT molecular complexity index is 1190. The second-order valence-electron chi connectivity index (χ2n) is 5.87. The summed E-state index contributed by atoms with van der Waals surface area (Å²) < 4.78 is 1.79. The molecule has 1 atom stereocenters. The first-order chi connectivity index (χ1) is 12.9. The summed E-state index contributed by atoms with van der Waals surface area (Å²) in [6.45, 7) is 1.60. The number of rotatable bonds is 2. The topological polar surface area (TPSA) is 103 Å². The lowest BCUT2D eigenvalue weighted by Crippen LogP contribution is -2.18. The average molecular weight is 397 g/mol. The van der Waals surface area contributed by atoms with Gasteiger partial charge in [0, 0.05) is 29.4 Å². The molecule has 0 aliphatic rings. The minimum atomic E-state index is -1.35. The molecule has 0 amide bonds. The van der Waals surface area contributed by atoms with Crippen LogP contribution in [0.2, 0.25) is 5.02 Å². The highest BCUT2D eigenvalue weighted by Gasteiger charge is 2.23. The van der Waals surface area contributed by atoms with E-state index in [1.165, 1.54) is 17.5 Å². The number of aliphatic hydroxyl groups is 1. The summed E-state index contributed by atoms with van der Waals surface area (Å²) in [6.07, 6.45) is 6.61. The predicted molar refractivity (Wildman–Crippen MR) is 105 cm³/mol. The zero-order valence-electron chi connectivity index (χ0n) is 14.1. The van der Waals surface area contributed by atoms with Crippen molar-refractivity contribution in [3.8, 4) is 17.7 Å². The number of hydrogen-bond acceptors (Lipinski definition) is 7. The molecule has 1 unspecified atom stereocenters. The predicted octanol–water partition coefficient (Wildman–Crippen LogP) is 2.77. The van der Waals surface area contributed by atoms with Gasteiger partial charge in [0.1, 0.15) is 15.7 Å². The second-order valence-corrected chi connectivity index (χ2v) is 7.18. The lowest BCUT2D eigenvalue weighted by atomic mass is 10.1. The van der Waals surface area contributed by atoms with Gasteiger partial charge in [-0.05, 0) is 25.0 Å². The third-order valence-electron chi connectivity index (χ3n) is 3.83. The summed E-state index contributed by atoms with van der Waals surface area (Å²) in [5.41, 5.74) is 5.64. The minimum Gasteiger partial charge on any atom is -0.371 e. The standard InChI is InChI=1S/C18H13ClN6OS/c1-18(26,16-21-5-7-27-16)4-2-12-8-14-11(9-22-12)3-6-25(14)15-13(19)10-23-17(20)24-15/h3,5-10,26H,1H3,(H2,20,23,24). The molecule has 4 aromatic heterocycles. The zero-order chi connectivity index (χ0) is 19.0. The third-order valence-corrected chi connectivity index (χ3v) is 5.08. The molecule has 0 aliphatic heterocycles. The van der Waals surface area contributed by atoms with Crippen molar-refractivity contribution >= 4 is 39.8 Å². The summed E-state index contributed by atoms with van der Waals surface area (Å²) in [7, 11) is 0. The number of nitrogens with zero attached hydrogens (tertiary/aromatic N) is 5. The van der Waals surface area contributed by atoms with E-state index in [0.717, 1.165) is 10.9 Å². The molecular weight excluding hydrogens is 384 g/mol. The van der Waals surface area contributed by atoms with Gasteiger partial charge in [0.25, 0.3) is 0 Å². The first-order valence-electron chi connectivity index (χ1n) is 7.85. The van der Waals surface area contributed by atoms with Crippen molar-refractivity contribution in [1.29, 1.82) is 0 Å². The summed E-state index contributed by atoms with van der Waals surface area (Å²) in [6, 6.07) is 3.69. The average Bonchev–Trinajstić information content (AvgIpc) is 3.32. The number of halogens is 1. The molecule has 0 aromatic carbocycles. The van der Waals surface area contributed by atoms with Crippen molar-refractivity contribution in [1.82, 2.24) is 24.5 Å². The van der Waals surface area contributed by atoms with E-state index in [1.54, 1.807) is 35.3 Å². The van der Waals surface area contributed by atoms with Crippen LogP contribution < -0.4 is 5.73 Å². The third kappa shape index (κ3) is 3.36. The van der Waals surface area contributed by atoms with Gasteiger partial charge < -0.3 is 10.8 Å². The maximum atomic E-state index is 10.5. The molecule has 0 saturated carbocycles. The molecule has 0 radical (unpaired) electrons. The van der Waals surface area contributed by atoms with Gasteiger partial charge in [0.05, 0.1) is 11.7 Å². The van der Waals surface area contributed by atoms with Crippen molar-refractivity contribution < 1.29 is 5.11 Å². The van der Waals surface area contributed by atoms with E-state index in [1.807, 2.05) is 12.3 Å². The molecule has 4 aromatic rings. The summed E-state index contributed by atoms with van der Waals surface area (Å²) in [5.74, 6) is 6.34. The van der Waals surface area contributed by atoms with Gasteiger partial charge in [-0.2, -0.15) is 4.98 Å². The van der Waals surface area contributed by atoms with Crippen LogP contribution >= 0.6 is 22.9 Å². The monoisotopic (exact) mass is 396 g/mol. The van der Waals surface area contributed by atoms with Crippen LogP contribution in [-0.4, -0.2) is 29.6 Å². The molecule has 4 rings (SSSR count). The molecule has 134 valence electrons. The molecule has 9 heteroatoms. The van der Waals surface area contributed by atoms with Gasteiger partial charge in [-0.1, -0.05) is 17.5 Å². The number of nitrogen functional groups attached to an aromatic ring is 1. The highest BCUT2D eigenvalue weighted by atomic mass is 35.5. The van der Waals surface area contributed by atoms with Crippen LogP contribution in [0.1, 0.15) is 17.6 Å². The smallest absolute Gasteiger partial charge is 0.222 e. The van der Waals surface area contributed by atoms with Crippen molar-refractivity contribution in [3.05, 3.63) is 58.0 Å². The molecule has 0 bridgehead atoms. The second kappa shape index (κ2) is 6.63. The SMILES string of the molecule is CC(O)(C#Cc1cc2c(ccn2-c2nc(N)ncc2Cl)cn1)c1nccs1. The summed E-state index contributed by atoms with van der Waals surface area (Å²) in [5, 5.41) is 14.1. The van der Waals surface area contributed by atoms with Crippen molar-refractivity contribution in [2.45, 2.75) is 12.5 Å². The minimum absolute atomic E-state index is 0.129. The van der Waals surface area contributed by atoms with E-state index < -0.39 is 5.60 Å². The van der Waals surface area contributed by atoms with Crippen LogP contribution in [0.15, 0.2) is 42.3 Å². The number of anilines is 1. The lowest BCUT2D eigenvalue weighted by Gasteiger charge is -2.11. The summed E-state index contributed by atoms with van der Waals surface area (Å²) >= 11 is 7.56. The highest BCUT2D eigenvalue weighted by Crippen LogP contribution is 2.25. The van der Waals surface area contributed by atoms with E-state index in [9.17, 15) is 5.11 Å². The maximum absolute atomic E-state index is 10.5. The van der Waals surface area contributed by atoms with E-state index >= 15 is 0 Å². The van der Waals surface area contributed by atoms with Crippen LogP contribution in [0.3, 0.4) is 0 Å². The van der Waals surface area contributed by atoms with Crippen LogP contribution in [0, 0.1) is 11.8 Å². The fraction of sp³-hybridized carbons (Fsp3) is 0.111. The van der Waals surface area contributed by atoms with E-state index in [2.05, 4.69) is 31.8 Å². The normalized spacial score (nSPS) is 13.1. The van der Waals surface area contributed by atoms with Crippen LogP contribution in [0.5, 0.6) is 0 Å². The molecule has 7 nitrogen and oxygen atoms in total. The highest BCUT2D eigenvalue weighted by molar-refractivity contribution is 7.09. The number of thiazole rings is 1. The Kier molecular flexibility index (Phi) is 4.28. The van der Waals surface area contributed by atoms with Gasteiger partial charge in [0.15, 0.2) is 11.4 Å².